The minimum atomic E-state index is 0.159. The first-order valence-corrected chi connectivity index (χ1v) is 10.0. The van der Waals surface area contributed by atoms with Crippen molar-refractivity contribution in [3.05, 3.63) is 59.9 Å². The van der Waals surface area contributed by atoms with E-state index in [1.165, 1.54) is 22.4 Å². The maximum atomic E-state index is 8.96. The molecule has 0 amide bonds. The summed E-state index contributed by atoms with van der Waals surface area (Å²) in [6, 6.07) is 12.8. The van der Waals surface area contributed by atoms with Crippen molar-refractivity contribution in [1.29, 1.82) is 0 Å². The van der Waals surface area contributed by atoms with Crippen LogP contribution in [0, 0.1) is 0 Å². The van der Waals surface area contributed by atoms with Crippen molar-refractivity contribution in [2.24, 2.45) is 0 Å². The molecule has 1 heterocycles. The summed E-state index contributed by atoms with van der Waals surface area (Å²) in [6.07, 6.45) is 6.19. The fraction of sp³-hybridized carbons (Fsp3) is 0.316. The highest BCUT2D eigenvalue weighted by Crippen LogP contribution is 2.20. The molecule has 2 rings (SSSR count). The van der Waals surface area contributed by atoms with Gasteiger partial charge in [0.25, 0.3) is 0 Å². The zero-order chi connectivity index (χ0) is 17.4. The molecule has 0 aliphatic carbocycles. The van der Waals surface area contributed by atoms with Crippen LogP contribution >= 0.6 is 22.5 Å². The van der Waals surface area contributed by atoms with E-state index in [0.717, 1.165) is 12.3 Å². The van der Waals surface area contributed by atoms with Crippen LogP contribution in [0.1, 0.15) is 18.1 Å². The Balaban J connectivity index is 2.06. The molecule has 0 radical (unpaired) electrons. The molecule has 0 aliphatic heterocycles. The number of nitrogens with zero attached hydrogens (tertiary/aromatic N) is 2. The number of pyridine rings is 1. The largest absolute Gasteiger partial charge is 0.390 e. The summed E-state index contributed by atoms with van der Waals surface area (Å²) in [5.74, 6) is 1.00. The van der Waals surface area contributed by atoms with Gasteiger partial charge in [0.15, 0.2) is 18.9 Å². The monoisotopic (exact) mass is 361 g/mol. The van der Waals surface area contributed by atoms with Crippen LogP contribution in [0.2, 0.25) is 0 Å². The number of aliphatic hydroxyl groups excluding tert-OH is 1. The number of hydrogen-bond acceptors (Lipinski definition) is 4. The highest BCUT2D eigenvalue weighted by atomic mass is 33.1. The van der Waals surface area contributed by atoms with E-state index in [1.807, 2.05) is 17.0 Å². The lowest BCUT2D eigenvalue weighted by atomic mass is 10.1. The summed E-state index contributed by atoms with van der Waals surface area (Å²) in [5.41, 5.74) is 4.83. The zero-order valence-corrected chi connectivity index (χ0v) is 15.9. The van der Waals surface area contributed by atoms with Crippen LogP contribution in [0.5, 0.6) is 0 Å². The number of anilines is 1. The molecule has 0 bridgehead atoms. The predicted molar refractivity (Wildman–Crippen MR) is 108 cm³/mol. The lowest BCUT2D eigenvalue weighted by molar-refractivity contribution is -0.698. The number of hydrogen-bond donors (Lipinski definition) is 2. The fourth-order valence-corrected chi connectivity index (χ4v) is 3.05. The Labute approximate surface area is 153 Å². The molecule has 5 heteroatoms. The van der Waals surface area contributed by atoms with E-state index in [9.17, 15) is 0 Å². The Morgan fingerprint density at radius 1 is 1.21 bits per heavy atom. The second-order valence-corrected chi connectivity index (χ2v) is 7.16. The summed E-state index contributed by atoms with van der Waals surface area (Å²) in [5, 5.41) is 8.96. The Morgan fingerprint density at radius 3 is 2.46 bits per heavy atom. The van der Waals surface area contributed by atoms with Gasteiger partial charge >= 0.3 is 0 Å². The van der Waals surface area contributed by atoms with Gasteiger partial charge in [0.2, 0.25) is 0 Å². The smallest absolute Gasteiger partial charge is 0.171 e. The minimum absolute atomic E-state index is 0.159. The molecule has 0 fully saturated rings. The summed E-state index contributed by atoms with van der Waals surface area (Å²) >= 11 is 4.18. The van der Waals surface area contributed by atoms with E-state index in [2.05, 4.69) is 73.0 Å². The van der Waals surface area contributed by atoms with Gasteiger partial charge in [-0.3, -0.25) is 0 Å². The van der Waals surface area contributed by atoms with Crippen LogP contribution in [0.3, 0.4) is 0 Å². The summed E-state index contributed by atoms with van der Waals surface area (Å²) in [4.78, 5) is 2.24. The normalized spacial score (nSPS) is 11.6. The maximum absolute atomic E-state index is 8.96. The average molecular weight is 362 g/mol. The summed E-state index contributed by atoms with van der Waals surface area (Å²) in [7, 11) is 3.67. The van der Waals surface area contributed by atoms with Crippen LogP contribution < -0.4 is 9.47 Å². The molecule has 24 heavy (non-hydrogen) atoms. The second kappa shape index (κ2) is 9.77. The van der Waals surface area contributed by atoms with E-state index in [4.69, 9.17) is 5.11 Å². The Bertz CT molecular complexity index is 654. The van der Waals surface area contributed by atoms with Crippen molar-refractivity contribution in [3.8, 4) is 0 Å². The first kappa shape index (κ1) is 18.9. The van der Waals surface area contributed by atoms with Crippen LogP contribution in [0.25, 0.3) is 11.6 Å². The van der Waals surface area contributed by atoms with Gasteiger partial charge in [-0.05, 0) is 35.8 Å². The molecule has 0 saturated heterocycles. The molecule has 0 unspecified atom stereocenters. The van der Waals surface area contributed by atoms with Crippen LogP contribution in [-0.4, -0.2) is 31.1 Å². The zero-order valence-electron chi connectivity index (χ0n) is 14.2. The van der Waals surface area contributed by atoms with Gasteiger partial charge in [0.05, 0.1) is 0 Å². The third kappa shape index (κ3) is 5.58. The van der Waals surface area contributed by atoms with E-state index in [1.54, 1.807) is 10.8 Å². The lowest BCUT2D eigenvalue weighted by Crippen LogP contribution is -2.34. The first-order valence-electron chi connectivity index (χ1n) is 8.00. The van der Waals surface area contributed by atoms with Gasteiger partial charge < -0.3 is 10.0 Å². The highest BCUT2D eigenvalue weighted by molar-refractivity contribution is 8.68. The van der Waals surface area contributed by atoms with Crippen molar-refractivity contribution in [3.63, 3.8) is 0 Å². The lowest BCUT2D eigenvalue weighted by Gasteiger charge is -2.18. The molecule has 2 aromatic rings. The summed E-state index contributed by atoms with van der Waals surface area (Å²) < 4.78 is 1.98. The number of thiol groups is 1. The topological polar surface area (TPSA) is 27.4 Å². The quantitative estimate of drug-likeness (QED) is 0.428. The van der Waals surface area contributed by atoms with Gasteiger partial charge in [-0.25, -0.2) is 4.57 Å². The number of aromatic nitrogens is 1. The number of allylic oxidation sites excluding steroid dienone is 1. The van der Waals surface area contributed by atoms with Crippen molar-refractivity contribution in [2.75, 3.05) is 30.9 Å². The molecule has 128 valence electrons. The third-order valence-corrected chi connectivity index (χ3v) is 4.85. The van der Waals surface area contributed by atoms with Gasteiger partial charge in [-0.15, -0.1) is 11.7 Å². The van der Waals surface area contributed by atoms with Crippen molar-refractivity contribution in [2.45, 2.75) is 13.5 Å². The molecule has 0 spiro atoms. The Hall–Kier alpha value is -1.43. The second-order valence-electron chi connectivity index (χ2n) is 5.72. The number of aliphatic hydroxyl groups is 1. The van der Waals surface area contributed by atoms with Gasteiger partial charge in [-0.1, -0.05) is 29.0 Å². The summed E-state index contributed by atoms with van der Waals surface area (Å²) in [6.45, 7) is 3.89. The molecular weight excluding hydrogens is 336 g/mol. The molecule has 1 N–H and O–H groups in total. The van der Waals surface area contributed by atoms with Crippen LogP contribution in [-0.2, 0) is 6.54 Å². The predicted octanol–water partition coefficient (Wildman–Crippen LogP) is 3.54. The third-order valence-electron chi connectivity index (χ3n) is 3.94. The van der Waals surface area contributed by atoms with Gasteiger partial charge in [0.1, 0.15) is 6.61 Å². The van der Waals surface area contributed by atoms with Crippen LogP contribution in [0.4, 0.5) is 5.69 Å². The Morgan fingerprint density at radius 2 is 1.88 bits per heavy atom. The van der Waals surface area contributed by atoms with Crippen molar-refractivity contribution < 1.29 is 9.67 Å². The molecule has 0 aliphatic rings. The molecule has 1 aromatic heterocycles. The first-order chi connectivity index (χ1) is 11.6. The SMILES string of the molecule is C/C(=C\c1ccc(N(C)CCSS)cc1)c1cc[n+](CCO)cc1. The van der Waals surface area contributed by atoms with Gasteiger partial charge in [0, 0.05) is 37.2 Å². The van der Waals surface area contributed by atoms with Gasteiger partial charge in [-0.2, -0.15) is 0 Å². The number of benzene rings is 1. The molecular formula is C19H25N2OS2+. The fourth-order valence-electron chi connectivity index (χ4n) is 2.45. The average Bonchev–Trinajstić information content (AvgIpc) is 2.61. The highest BCUT2D eigenvalue weighted by Gasteiger charge is 2.03. The Kier molecular flexibility index (Phi) is 7.69. The molecule has 0 saturated carbocycles. The maximum Gasteiger partial charge on any atom is 0.171 e. The van der Waals surface area contributed by atoms with Crippen molar-refractivity contribution in [1.82, 2.24) is 0 Å². The van der Waals surface area contributed by atoms with Crippen molar-refractivity contribution >= 4 is 39.8 Å². The molecule has 3 nitrogen and oxygen atoms in total. The standard InChI is InChI=1S/C19H24N2OS2/c1-16(18-7-9-21(10-8-18)11-13-22)15-17-3-5-19(6-4-17)20(2)12-14-24-23/h3-10,15,22H,11-14H2,1-2H3/p+1. The van der Waals surface area contributed by atoms with E-state index in [-0.39, 0.29) is 6.61 Å². The number of rotatable bonds is 8. The van der Waals surface area contributed by atoms with Crippen LogP contribution in [0.15, 0.2) is 48.8 Å². The molecule has 1 aromatic carbocycles. The molecule has 0 atom stereocenters. The van der Waals surface area contributed by atoms with E-state index >= 15 is 0 Å². The minimum Gasteiger partial charge on any atom is -0.390 e. The van der Waals surface area contributed by atoms with E-state index in [0.29, 0.717) is 6.54 Å². The van der Waals surface area contributed by atoms with E-state index < -0.39 is 0 Å².